The van der Waals surface area contributed by atoms with E-state index >= 15 is 0 Å². The number of carbonyl (C=O) groups is 2. The van der Waals surface area contributed by atoms with Gasteiger partial charge in [0.1, 0.15) is 11.7 Å². The molecule has 3 N–H and O–H groups in total. The van der Waals surface area contributed by atoms with Crippen LogP contribution >= 0.6 is 0 Å². The van der Waals surface area contributed by atoms with E-state index in [-0.39, 0.29) is 12.0 Å². The molecule has 1 unspecified atom stereocenters. The molecule has 0 saturated carbocycles. The first-order valence-corrected chi connectivity index (χ1v) is 5.39. The number of phenols is 2. The van der Waals surface area contributed by atoms with Crippen molar-refractivity contribution in [1.29, 1.82) is 0 Å². The van der Waals surface area contributed by atoms with E-state index in [9.17, 15) is 19.8 Å². The second kappa shape index (κ2) is 4.21. The third kappa shape index (κ3) is 1.85. The lowest BCUT2D eigenvalue weighted by molar-refractivity contribution is -0.145. The van der Waals surface area contributed by atoms with Crippen molar-refractivity contribution in [3.05, 3.63) is 23.3 Å². The van der Waals surface area contributed by atoms with Crippen LogP contribution in [0, 0.1) is 5.92 Å². The van der Waals surface area contributed by atoms with Gasteiger partial charge in [-0.25, -0.2) is 4.79 Å². The summed E-state index contributed by atoms with van der Waals surface area (Å²) in [6.07, 6.45) is -0.575. The van der Waals surface area contributed by atoms with Crippen LogP contribution in [0.2, 0.25) is 0 Å². The highest BCUT2D eigenvalue weighted by Gasteiger charge is 2.35. The molecule has 0 spiro atoms. The Bertz CT molecular complexity index is 522. The van der Waals surface area contributed by atoms with Crippen LogP contribution in [0.25, 0.3) is 0 Å². The van der Waals surface area contributed by atoms with E-state index in [2.05, 4.69) is 0 Å². The average Bonchev–Trinajstić information content (AvgIpc) is 2.32. The third-order valence-electron chi connectivity index (χ3n) is 3.07. The van der Waals surface area contributed by atoms with Crippen LogP contribution in [0.4, 0.5) is 0 Å². The van der Waals surface area contributed by atoms with Gasteiger partial charge in [-0.05, 0) is 18.6 Å². The molecular weight excluding hydrogens is 240 g/mol. The fourth-order valence-corrected chi connectivity index (χ4v) is 1.91. The molecule has 6 heteroatoms. The van der Waals surface area contributed by atoms with Gasteiger partial charge in [0.25, 0.3) is 0 Å². The molecule has 96 valence electrons. The Labute approximate surface area is 102 Å². The first-order valence-electron chi connectivity index (χ1n) is 5.39. The first kappa shape index (κ1) is 12.2. The Morgan fingerprint density at radius 1 is 1.44 bits per heavy atom. The molecule has 1 aromatic carbocycles. The summed E-state index contributed by atoms with van der Waals surface area (Å²) < 4.78 is 4.98. The highest BCUT2D eigenvalue weighted by molar-refractivity contribution is 5.96. The lowest BCUT2D eigenvalue weighted by Gasteiger charge is -2.27. The lowest BCUT2D eigenvalue weighted by Crippen LogP contribution is -2.36. The maximum absolute atomic E-state index is 11.7. The molecular formula is C12H12O6. The summed E-state index contributed by atoms with van der Waals surface area (Å²) in [6.45, 7) is 1.45. The number of carboxylic acids is 1. The molecule has 0 fully saturated rings. The largest absolute Gasteiger partial charge is 0.504 e. The maximum Gasteiger partial charge on any atom is 0.342 e. The summed E-state index contributed by atoms with van der Waals surface area (Å²) >= 11 is 0. The number of esters is 1. The zero-order valence-corrected chi connectivity index (χ0v) is 9.58. The van der Waals surface area contributed by atoms with Gasteiger partial charge >= 0.3 is 11.9 Å². The number of ether oxygens (including phenoxy) is 1. The topological polar surface area (TPSA) is 104 Å². The predicted octanol–water partition coefficient (Wildman–Crippen LogP) is 0.900. The second-order valence-electron chi connectivity index (χ2n) is 4.24. The van der Waals surface area contributed by atoms with Crippen molar-refractivity contribution >= 4 is 11.9 Å². The number of hydrogen-bond acceptors (Lipinski definition) is 5. The van der Waals surface area contributed by atoms with Crippen molar-refractivity contribution in [1.82, 2.24) is 0 Å². The fourth-order valence-electron chi connectivity index (χ4n) is 1.91. The molecule has 2 rings (SSSR count). The molecule has 18 heavy (non-hydrogen) atoms. The Kier molecular flexibility index (Phi) is 2.86. The number of rotatable bonds is 2. The Hall–Kier alpha value is -2.24. The van der Waals surface area contributed by atoms with E-state index in [1.165, 1.54) is 19.1 Å². The Morgan fingerprint density at radius 2 is 2.11 bits per heavy atom. The molecule has 1 aliphatic heterocycles. The summed E-state index contributed by atoms with van der Waals surface area (Å²) in [4.78, 5) is 22.6. The molecule has 2 atom stereocenters. The van der Waals surface area contributed by atoms with Crippen molar-refractivity contribution in [2.24, 2.45) is 5.92 Å². The molecule has 0 aliphatic carbocycles. The zero-order valence-electron chi connectivity index (χ0n) is 9.58. The van der Waals surface area contributed by atoms with Gasteiger partial charge in [-0.2, -0.15) is 0 Å². The Morgan fingerprint density at radius 3 is 2.72 bits per heavy atom. The van der Waals surface area contributed by atoms with Crippen molar-refractivity contribution in [2.75, 3.05) is 0 Å². The average molecular weight is 252 g/mol. The summed E-state index contributed by atoms with van der Waals surface area (Å²) in [6, 6.07) is 2.74. The van der Waals surface area contributed by atoms with E-state index < -0.39 is 35.5 Å². The molecule has 0 aromatic heterocycles. The normalized spacial score (nSPS) is 19.8. The van der Waals surface area contributed by atoms with Gasteiger partial charge in [-0.3, -0.25) is 4.79 Å². The standard InChI is InChI=1S/C12H12O6/c1-5(11(15)16)8-4-6-2-3-7(13)10(14)9(6)12(17)18-8/h2-3,5,8,13-14H,4H2,1H3,(H,15,16)/t5-,8?/m1/s1. The van der Waals surface area contributed by atoms with Crippen LogP contribution in [-0.4, -0.2) is 33.4 Å². The molecule has 1 heterocycles. The van der Waals surface area contributed by atoms with E-state index in [4.69, 9.17) is 9.84 Å². The number of carbonyl (C=O) groups excluding carboxylic acids is 1. The number of carboxylic acid groups (broad SMARTS) is 1. The number of cyclic esters (lactones) is 1. The monoisotopic (exact) mass is 252 g/mol. The number of aromatic hydroxyl groups is 2. The summed E-state index contributed by atoms with van der Waals surface area (Å²) in [5.74, 6) is -3.64. The van der Waals surface area contributed by atoms with Gasteiger partial charge < -0.3 is 20.1 Å². The lowest BCUT2D eigenvalue weighted by atomic mass is 9.91. The van der Waals surface area contributed by atoms with Gasteiger partial charge in [-0.15, -0.1) is 0 Å². The van der Waals surface area contributed by atoms with Crippen molar-refractivity contribution in [3.8, 4) is 11.5 Å². The summed E-state index contributed by atoms with van der Waals surface area (Å²) in [7, 11) is 0. The van der Waals surface area contributed by atoms with Gasteiger partial charge in [-0.1, -0.05) is 6.07 Å². The van der Waals surface area contributed by atoms with E-state index in [0.29, 0.717) is 5.56 Å². The summed E-state index contributed by atoms with van der Waals surface area (Å²) in [5, 5.41) is 27.8. The minimum atomic E-state index is -1.06. The fraction of sp³-hybridized carbons (Fsp3) is 0.333. The predicted molar refractivity (Wildman–Crippen MR) is 59.5 cm³/mol. The highest BCUT2D eigenvalue weighted by Crippen LogP contribution is 2.36. The molecule has 1 aliphatic rings. The summed E-state index contributed by atoms with van der Waals surface area (Å²) in [5.41, 5.74) is 0.378. The molecule has 6 nitrogen and oxygen atoms in total. The third-order valence-corrected chi connectivity index (χ3v) is 3.07. The highest BCUT2D eigenvalue weighted by atomic mass is 16.5. The molecule has 0 amide bonds. The van der Waals surface area contributed by atoms with Gasteiger partial charge in [0.2, 0.25) is 0 Å². The molecule has 0 bridgehead atoms. The van der Waals surface area contributed by atoms with Crippen LogP contribution in [0.5, 0.6) is 11.5 Å². The number of benzene rings is 1. The zero-order chi connectivity index (χ0) is 13.4. The first-order chi connectivity index (χ1) is 8.41. The van der Waals surface area contributed by atoms with Gasteiger partial charge in [0.05, 0.1) is 5.92 Å². The minimum Gasteiger partial charge on any atom is -0.504 e. The number of fused-ring (bicyclic) bond motifs is 1. The molecule has 0 radical (unpaired) electrons. The van der Waals surface area contributed by atoms with Gasteiger partial charge in [0, 0.05) is 6.42 Å². The maximum atomic E-state index is 11.7. The van der Waals surface area contributed by atoms with Crippen molar-refractivity contribution in [2.45, 2.75) is 19.4 Å². The van der Waals surface area contributed by atoms with Crippen LogP contribution < -0.4 is 0 Å². The van der Waals surface area contributed by atoms with Crippen LogP contribution in [-0.2, 0) is 16.0 Å². The van der Waals surface area contributed by atoms with Gasteiger partial charge in [0.15, 0.2) is 11.5 Å². The smallest absolute Gasteiger partial charge is 0.342 e. The second-order valence-corrected chi connectivity index (χ2v) is 4.24. The van der Waals surface area contributed by atoms with E-state index in [1.807, 2.05) is 0 Å². The number of phenolic OH excluding ortho intramolecular Hbond substituents is 2. The Balaban J connectivity index is 2.39. The van der Waals surface area contributed by atoms with Crippen LogP contribution in [0.15, 0.2) is 12.1 Å². The van der Waals surface area contributed by atoms with E-state index in [0.717, 1.165) is 0 Å². The SMILES string of the molecule is C[C@@H](C(=O)O)C1Cc2ccc(O)c(O)c2C(=O)O1. The van der Waals surface area contributed by atoms with Crippen molar-refractivity contribution in [3.63, 3.8) is 0 Å². The number of hydrogen-bond donors (Lipinski definition) is 3. The van der Waals surface area contributed by atoms with Crippen LogP contribution in [0.3, 0.4) is 0 Å². The molecule has 0 saturated heterocycles. The quantitative estimate of drug-likeness (QED) is 0.533. The minimum absolute atomic E-state index is 0.0937. The van der Waals surface area contributed by atoms with Crippen molar-refractivity contribution < 1.29 is 29.6 Å². The van der Waals surface area contributed by atoms with Crippen LogP contribution in [0.1, 0.15) is 22.8 Å². The van der Waals surface area contributed by atoms with E-state index in [1.54, 1.807) is 0 Å². The molecule has 1 aromatic rings. The number of aliphatic carboxylic acids is 1.